The van der Waals surface area contributed by atoms with Crippen molar-refractivity contribution in [3.05, 3.63) is 64.7 Å². The summed E-state index contributed by atoms with van der Waals surface area (Å²) in [6, 6.07) is 13.5. The molecular formula is C14H13ClO3S. The molecule has 0 amide bonds. The third kappa shape index (κ3) is 4.26. The van der Waals surface area contributed by atoms with Gasteiger partial charge in [0.25, 0.3) is 0 Å². The standard InChI is InChI=1S/C14H13ClO3S/c1-11-2-8-14(9-3-11)18-19(16,17)10-12-4-6-13(15)7-5-12/h2-9H,10H2,1H3. The second-order valence-electron chi connectivity index (χ2n) is 4.22. The van der Waals surface area contributed by atoms with Crippen LogP contribution in [0.5, 0.6) is 5.75 Å². The van der Waals surface area contributed by atoms with Gasteiger partial charge in [0.1, 0.15) is 11.5 Å². The van der Waals surface area contributed by atoms with Gasteiger partial charge in [0.2, 0.25) is 0 Å². The molecule has 2 rings (SSSR count). The summed E-state index contributed by atoms with van der Waals surface area (Å²) in [5, 5.41) is 0.570. The van der Waals surface area contributed by atoms with Crippen molar-refractivity contribution < 1.29 is 12.6 Å². The Balaban J connectivity index is 2.10. The molecule has 0 heterocycles. The molecule has 100 valence electrons. The molecule has 0 bridgehead atoms. The molecule has 0 unspecified atom stereocenters. The smallest absolute Gasteiger partial charge is 0.313 e. The number of halogens is 1. The van der Waals surface area contributed by atoms with Gasteiger partial charge < -0.3 is 4.18 Å². The fraction of sp³-hybridized carbons (Fsp3) is 0.143. The Morgan fingerprint density at radius 1 is 1.00 bits per heavy atom. The summed E-state index contributed by atoms with van der Waals surface area (Å²) in [6.07, 6.45) is 0. The van der Waals surface area contributed by atoms with Gasteiger partial charge >= 0.3 is 10.1 Å². The van der Waals surface area contributed by atoms with Crippen LogP contribution in [0.1, 0.15) is 11.1 Å². The van der Waals surface area contributed by atoms with Gasteiger partial charge in [0.15, 0.2) is 0 Å². The Morgan fingerprint density at radius 3 is 2.16 bits per heavy atom. The van der Waals surface area contributed by atoms with Crippen LogP contribution in [0.2, 0.25) is 5.02 Å². The molecule has 0 saturated heterocycles. The van der Waals surface area contributed by atoms with Crippen LogP contribution in [-0.2, 0) is 15.9 Å². The van der Waals surface area contributed by atoms with Crippen molar-refractivity contribution in [3.8, 4) is 5.75 Å². The molecule has 3 nitrogen and oxygen atoms in total. The Kier molecular flexibility index (Phi) is 4.12. The summed E-state index contributed by atoms with van der Waals surface area (Å²) in [5.74, 6) is 0.137. The maximum Gasteiger partial charge on any atom is 0.313 e. The fourth-order valence-corrected chi connectivity index (χ4v) is 2.74. The van der Waals surface area contributed by atoms with Crippen molar-refractivity contribution in [2.45, 2.75) is 12.7 Å². The van der Waals surface area contributed by atoms with Crippen molar-refractivity contribution in [2.24, 2.45) is 0 Å². The highest BCUT2D eigenvalue weighted by atomic mass is 35.5. The summed E-state index contributed by atoms with van der Waals surface area (Å²) in [6.45, 7) is 1.92. The number of hydrogen-bond donors (Lipinski definition) is 0. The lowest BCUT2D eigenvalue weighted by Gasteiger charge is -2.07. The van der Waals surface area contributed by atoms with E-state index in [1.165, 1.54) is 0 Å². The van der Waals surface area contributed by atoms with Gasteiger partial charge in [-0.15, -0.1) is 0 Å². The third-order valence-electron chi connectivity index (χ3n) is 2.50. The quantitative estimate of drug-likeness (QED) is 0.810. The van der Waals surface area contributed by atoms with E-state index in [-0.39, 0.29) is 5.75 Å². The van der Waals surface area contributed by atoms with E-state index < -0.39 is 10.1 Å². The second kappa shape index (κ2) is 5.63. The molecule has 2 aromatic carbocycles. The summed E-state index contributed by atoms with van der Waals surface area (Å²) in [7, 11) is -3.66. The van der Waals surface area contributed by atoms with Crippen molar-refractivity contribution in [3.63, 3.8) is 0 Å². The largest absolute Gasteiger partial charge is 0.382 e. The molecule has 0 atom stereocenters. The molecule has 19 heavy (non-hydrogen) atoms. The highest BCUT2D eigenvalue weighted by molar-refractivity contribution is 7.86. The molecule has 0 aliphatic rings. The molecule has 5 heteroatoms. The monoisotopic (exact) mass is 296 g/mol. The van der Waals surface area contributed by atoms with E-state index in [0.29, 0.717) is 16.3 Å². The Morgan fingerprint density at radius 2 is 1.58 bits per heavy atom. The van der Waals surface area contributed by atoms with Crippen LogP contribution >= 0.6 is 11.6 Å². The second-order valence-corrected chi connectivity index (χ2v) is 6.23. The van der Waals surface area contributed by atoms with Crippen molar-refractivity contribution in [1.29, 1.82) is 0 Å². The number of rotatable bonds is 4. The number of hydrogen-bond acceptors (Lipinski definition) is 3. The van der Waals surface area contributed by atoms with E-state index in [1.54, 1.807) is 48.5 Å². The minimum atomic E-state index is -3.66. The Bertz CT molecular complexity index is 593. The van der Waals surface area contributed by atoms with Crippen LogP contribution in [0.15, 0.2) is 48.5 Å². The van der Waals surface area contributed by atoms with E-state index >= 15 is 0 Å². The van der Waals surface area contributed by atoms with Gasteiger partial charge in [0, 0.05) is 5.02 Å². The first-order valence-electron chi connectivity index (χ1n) is 5.68. The van der Waals surface area contributed by atoms with E-state index in [4.69, 9.17) is 15.8 Å². The normalized spacial score (nSPS) is 11.3. The SMILES string of the molecule is Cc1ccc(OS(=O)(=O)Cc2ccc(Cl)cc2)cc1. The molecule has 2 aromatic rings. The summed E-state index contributed by atoms with van der Waals surface area (Å²) >= 11 is 5.75. The van der Waals surface area contributed by atoms with Gasteiger partial charge in [-0.1, -0.05) is 41.4 Å². The molecule has 0 aromatic heterocycles. The average molecular weight is 297 g/mol. The minimum absolute atomic E-state index is 0.182. The van der Waals surface area contributed by atoms with E-state index in [0.717, 1.165) is 5.56 Å². The molecule has 0 radical (unpaired) electrons. The molecule has 0 aliphatic heterocycles. The van der Waals surface area contributed by atoms with Crippen LogP contribution in [0.25, 0.3) is 0 Å². The van der Waals surface area contributed by atoms with Gasteiger partial charge in [-0.05, 0) is 36.8 Å². The highest BCUT2D eigenvalue weighted by Gasteiger charge is 2.13. The zero-order chi connectivity index (χ0) is 13.9. The minimum Gasteiger partial charge on any atom is -0.382 e. The predicted molar refractivity (Wildman–Crippen MR) is 75.9 cm³/mol. The van der Waals surface area contributed by atoms with Crippen molar-refractivity contribution in [2.75, 3.05) is 0 Å². The fourth-order valence-electron chi connectivity index (χ4n) is 1.55. The van der Waals surface area contributed by atoms with Crippen molar-refractivity contribution in [1.82, 2.24) is 0 Å². The van der Waals surface area contributed by atoms with Crippen LogP contribution in [0.4, 0.5) is 0 Å². The lowest BCUT2D eigenvalue weighted by atomic mass is 10.2. The van der Waals surface area contributed by atoms with Gasteiger partial charge in [-0.3, -0.25) is 0 Å². The van der Waals surface area contributed by atoms with E-state index in [9.17, 15) is 8.42 Å². The first-order valence-corrected chi connectivity index (χ1v) is 7.63. The van der Waals surface area contributed by atoms with Crippen LogP contribution in [0, 0.1) is 6.92 Å². The molecule has 0 fully saturated rings. The van der Waals surface area contributed by atoms with Gasteiger partial charge in [-0.2, -0.15) is 8.42 Å². The molecule has 0 N–H and O–H groups in total. The van der Waals surface area contributed by atoms with Gasteiger partial charge in [-0.25, -0.2) is 0 Å². The summed E-state index contributed by atoms with van der Waals surface area (Å²) in [5.41, 5.74) is 1.68. The summed E-state index contributed by atoms with van der Waals surface area (Å²) in [4.78, 5) is 0. The van der Waals surface area contributed by atoms with E-state index in [2.05, 4.69) is 0 Å². The maximum absolute atomic E-state index is 11.9. The van der Waals surface area contributed by atoms with Crippen molar-refractivity contribution >= 4 is 21.7 Å². The maximum atomic E-state index is 11.9. The van der Waals surface area contributed by atoms with Crippen LogP contribution < -0.4 is 4.18 Å². The first-order chi connectivity index (χ1) is 8.94. The predicted octanol–water partition coefficient (Wildman–Crippen LogP) is 3.56. The molecule has 0 aliphatic carbocycles. The molecule has 0 spiro atoms. The van der Waals surface area contributed by atoms with Crippen LogP contribution in [-0.4, -0.2) is 8.42 Å². The number of benzene rings is 2. The zero-order valence-corrected chi connectivity index (χ0v) is 11.9. The average Bonchev–Trinajstić information content (AvgIpc) is 2.34. The summed E-state index contributed by atoms with van der Waals surface area (Å²) < 4.78 is 28.8. The number of aryl methyl sites for hydroxylation is 1. The molecule has 0 saturated carbocycles. The van der Waals surface area contributed by atoms with E-state index in [1.807, 2.05) is 6.92 Å². The highest BCUT2D eigenvalue weighted by Crippen LogP contribution is 2.17. The zero-order valence-electron chi connectivity index (χ0n) is 10.3. The lowest BCUT2D eigenvalue weighted by molar-refractivity contribution is 0.485. The first kappa shape index (κ1) is 13.9. The Hall–Kier alpha value is -1.52. The van der Waals surface area contributed by atoms with Gasteiger partial charge in [0.05, 0.1) is 0 Å². The third-order valence-corrected chi connectivity index (χ3v) is 3.89. The lowest BCUT2D eigenvalue weighted by Crippen LogP contribution is -2.12. The Labute approximate surface area is 117 Å². The van der Waals surface area contributed by atoms with Crippen LogP contribution in [0.3, 0.4) is 0 Å². The topological polar surface area (TPSA) is 43.4 Å². The molecular weight excluding hydrogens is 284 g/mol.